The summed E-state index contributed by atoms with van der Waals surface area (Å²) in [5, 5.41) is 9.28. The minimum absolute atomic E-state index is 0.0769. The van der Waals surface area contributed by atoms with E-state index in [2.05, 4.69) is 0 Å². The van der Waals surface area contributed by atoms with E-state index in [9.17, 15) is 13.5 Å². The Morgan fingerprint density at radius 3 is 2.53 bits per heavy atom. The smallest absolute Gasteiger partial charge is 0.243 e. The second-order valence-corrected chi connectivity index (χ2v) is 6.32. The molecule has 0 unspecified atom stereocenters. The van der Waals surface area contributed by atoms with Crippen LogP contribution in [-0.2, 0) is 10.0 Å². The van der Waals surface area contributed by atoms with Gasteiger partial charge >= 0.3 is 0 Å². The molecule has 1 saturated carbocycles. The van der Waals surface area contributed by atoms with Crippen LogP contribution >= 0.6 is 0 Å². The number of aromatic hydroxyl groups is 1. The lowest BCUT2D eigenvalue weighted by Gasteiger charge is -2.33. The first-order chi connectivity index (χ1) is 7.93. The number of phenols is 1. The first-order valence-corrected chi connectivity index (χ1v) is 6.93. The van der Waals surface area contributed by atoms with Crippen molar-refractivity contribution >= 4 is 15.7 Å². The van der Waals surface area contributed by atoms with E-state index in [-0.39, 0.29) is 22.4 Å². The Hall–Kier alpha value is -1.27. The Balaban J connectivity index is 2.33. The highest BCUT2D eigenvalue weighted by atomic mass is 32.2. The van der Waals surface area contributed by atoms with Gasteiger partial charge in [0.25, 0.3) is 0 Å². The second kappa shape index (κ2) is 4.19. The predicted molar refractivity (Wildman–Crippen MR) is 65.1 cm³/mol. The van der Waals surface area contributed by atoms with Crippen LogP contribution in [0.5, 0.6) is 5.75 Å². The fourth-order valence-electron chi connectivity index (χ4n) is 1.81. The van der Waals surface area contributed by atoms with Crippen LogP contribution in [0.1, 0.15) is 19.3 Å². The van der Waals surface area contributed by atoms with Crippen molar-refractivity contribution < 1.29 is 13.5 Å². The molecule has 1 aliphatic rings. The largest absolute Gasteiger partial charge is 0.506 e. The number of nitrogens with zero attached hydrogens (tertiary/aromatic N) is 1. The maximum absolute atomic E-state index is 12.2. The van der Waals surface area contributed by atoms with Crippen LogP contribution in [0.4, 0.5) is 5.69 Å². The van der Waals surface area contributed by atoms with Crippen LogP contribution in [-0.4, -0.2) is 30.9 Å². The van der Waals surface area contributed by atoms with Gasteiger partial charge in [-0.05, 0) is 31.0 Å². The van der Waals surface area contributed by atoms with E-state index in [4.69, 9.17) is 5.73 Å². The van der Waals surface area contributed by atoms with Gasteiger partial charge in [-0.25, -0.2) is 8.42 Å². The van der Waals surface area contributed by atoms with E-state index >= 15 is 0 Å². The molecule has 2 rings (SSSR count). The third-order valence-electron chi connectivity index (χ3n) is 3.26. The van der Waals surface area contributed by atoms with E-state index < -0.39 is 10.0 Å². The molecule has 3 N–H and O–H groups in total. The number of sulfonamides is 1. The number of benzene rings is 1. The highest BCUT2D eigenvalue weighted by Crippen LogP contribution is 2.30. The van der Waals surface area contributed by atoms with Gasteiger partial charge < -0.3 is 10.8 Å². The fraction of sp³-hybridized carbons (Fsp3) is 0.455. The number of hydrogen-bond acceptors (Lipinski definition) is 4. The monoisotopic (exact) mass is 256 g/mol. The maximum Gasteiger partial charge on any atom is 0.243 e. The molecule has 0 bridgehead atoms. The minimum atomic E-state index is -3.50. The summed E-state index contributed by atoms with van der Waals surface area (Å²) < 4.78 is 25.8. The standard InChI is InChI=1S/C11H16N2O3S/c1-13(8-3-2-4-8)17(15,16)9-5-6-11(14)10(12)7-9/h5-8,14H,2-4,12H2,1H3. The molecule has 0 amide bonds. The summed E-state index contributed by atoms with van der Waals surface area (Å²) in [6.45, 7) is 0. The average molecular weight is 256 g/mol. The molecule has 0 radical (unpaired) electrons. The van der Waals surface area contributed by atoms with Crippen LogP contribution in [0.3, 0.4) is 0 Å². The van der Waals surface area contributed by atoms with E-state index in [0.29, 0.717) is 0 Å². The van der Waals surface area contributed by atoms with Crippen LogP contribution in [0.2, 0.25) is 0 Å². The molecule has 5 nitrogen and oxygen atoms in total. The van der Waals surface area contributed by atoms with Crippen molar-refractivity contribution in [1.82, 2.24) is 4.31 Å². The molecule has 0 saturated heterocycles. The van der Waals surface area contributed by atoms with Crippen LogP contribution in [0.25, 0.3) is 0 Å². The molecule has 94 valence electrons. The lowest BCUT2D eigenvalue weighted by Crippen LogP contribution is -2.41. The predicted octanol–water partition coefficient (Wildman–Crippen LogP) is 1.15. The Morgan fingerprint density at radius 1 is 1.41 bits per heavy atom. The first-order valence-electron chi connectivity index (χ1n) is 5.49. The number of nitrogens with two attached hydrogens (primary N) is 1. The Bertz CT molecular complexity index is 524. The van der Waals surface area contributed by atoms with Crippen molar-refractivity contribution in [3.05, 3.63) is 18.2 Å². The number of hydrogen-bond donors (Lipinski definition) is 2. The van der Waals surface area contributed by atoms with Gasteiger partial charge in [-0.3, -0.25) is 0 Å². The number of nitrogen functional groups attached to an aromatic ring is 1. The molecule has 6 heteroatoms. The molecule has 0 atom stereocenters. The highest BCUT2D eigenvalue weighted by molar-refractivity contribution is 7.89. The van der Waals surface area contributed by atoms with Crippen LogP contribution in [0.15, 0.2) is 23.1 Å². The van der Waals surface area contributed by atoms with Crippen molar-refractivity contribution in [2.45, 2.75) is 30.2 Å². The molecule has 1 aliphatic carbocycles. The molecule has 1 aromatic carbocycles. The summed E-state index contributed by atoms with van der Waals surface area (Å²) >= 11 is 0. The third kappa shape index (κ3) is 2.10. The van der Waals surface area contributed by atoms with Gasteiger partial charge in [-0.2, -0.15) is 4.31 Å². The normalized spacial score (nSPS) is 17.1. The summed E-state index contributed by atoms with van der Waals surface area (Å²) in [7, 11) is -1.91. The SMILES string of the molecule is CN(C1CCC1)S(=O)(=O)c1ccc(O)c(N)c1. The Labute approximate surface area is 101 Å². The van der Waals surface area contributed by atoms with Gasteiger partial charge in [0, 0.05) is 13.1 Å². The third-order valence-corrected chi connectivity index (χ3v) is 5.17. The fourth-order valence-corrected chi connectivity index (χ4v) is 3.26. The van der Waals surface area contributed by atoms with Gasteiger partial charge in [0.15, 0.2) is 0 Å². The summed E-state index contributed by atoms with van der Waals surface area (Å²) in [6.07, 6.45) is 2.88. The van der Waals surface area contributed by atoms with E-state index in [1.54, 1.807) is 7.05 Å². The van der Waals surface area contributed by atoms with Gasteiger partial charge in [0.1, 0.15) is 5.75 Å². The van der Waals surface area contributed by atoms with Crippen molar-refractivity contribution in [2.75, 3.05) is 12.8 Å². The van der Waals surface area contributed by atoms with E-state index in [1.807, 2.05) is 0 Å². The lowest BCUT2D eigenvalue weighted by molar-refractivity contribution is 0.249. The van der Waals surface area contributed by atoms with Gasteiger partial charge in [-0.1, -0.05) is 6.42 Å². The molecule has 0 aliphatic heterocycles. The first kappa shape index (κ1) is 12.2. The summed E-state index contributed by atoms with van der Waals surface area (Å²) in [4.78, 5) is 0.127. The molecule has 1 aromatic rings. The van der Waals surface area contributed by atoms with Crippen molar-refractivity contribution in [1.29, 1.82) is 0 Å². The molecule has 0 aromatic heterocycles. The zero-order valence-electron chi connectivity index (χ0n) is 9.63. The second-order valence-electron chi connectivity index (χ2n) is 4.33. The summed E-state index contributed by atoms with van der Waals surface area (Å²) in [5.41, 5.74) is 5.58. The van der Waals surface area contributed by atoms with Crippen LogP contribution < -0.4 is 5.73 Å². The molecule has 0 spiro atoms. The zero-order chi connectivity index (χ0) is 12.6. The minimum Gasteiger partial charge on any atom is -0.506 e. The number of anilines is 1. The average Bonchev–Trinajstić information content (AvgIpc) is 2.19. The van der Waals surface area contributed by atoms with E-state index in [1.165, 1.54) is 22.5 Å². The lowest BCUT2D eigenvalue weighted by atomic mass is 9.94. The molecule has 1 fully saturated rings. The molecular formula is C11H16N2O3S. The van der Waals surface area contributed by atoms with Gasteiger partial charge in [0.2, 0.25) is 10.0 Å². The van der Waals surface area contributed by atoms with Crippen molar-refractivity contribution in [3.8, 4) is 5.75 Å². The Morgan fingerprint density at radius 2 is 2.06 bits per heavy atom. The topological polar surface area (TPSA) is 83.6 Å². The number of phenolic OH excluding ortho intramolecular Hbond substituents is 1. The number of rotatable bonds is 3. The Kier molecular flexibility index (Phi) is 3.01. The molecule has 17 heavy (non-hydrogen) atoms. The highest BCUT2D eigenvalue weighted by Gasteiger charge is 2.31. The van der Waals surface area contributed by atoms with E-state index in [0.717, 1.165) is 19.3 Å². The van der Waals surface area contributed by atoms with Crippen LogP contribution in [0, 0.1) is 0 Å². The summed E-state index contributed by atoms with van der Waals surface area (Å²) in [5.74, 6) is -0.102. The summed E-state index contributed by atoms with van der Waals surface area (Å²) in [6, 6.07) is 4.06. The maximum atomic E-state index is 12.2. The van der Waals surface area contributed by atoms with Gasteiger partial charge in [0.05, 0.1) is 10.6 Å². The van der Waals surface area contributed by atoms with Gasteiger partial charge in [-0.15, -0.1) is 0 Å². The quantitative estimate of drug-likeness (QED) is 0.627. The van der Waals surface area contributed by atoms with Crippen molar-refractivity contribution in [2.24, 2.45) is 0 Å². The molecular weight excluding hydrogens is 240 g/mol. The molecule has 0 heterocycles. The zero-order valence-corrected chi connectivity index (χ0v) is 10.4. The van der Waals surface area contributed by atoms with Crippen molar-refractivity contribution in [3.63, 3.8) is 0 Å².